The van der Waals surface area contributed by atoms with Crippen LogP contribution < -0.4 is 10.1 Å². The maximum absolute atomic E-state index is 12.2. The summed E-state index contributed by atoms with van der Waals surface area (Å²) in [5, 5.41) is 3.58. The van der Waals surface area contributed by atoms with Crippen molar-refractivity contribution in [3.8, 4) is 16.9 Å². The Morgan fingerprint density at radius 2 is 1.67 bits per heavy atom. The molecule has 1 saturated heterocycles. The molecule has 0 spiro atoms. The summed E-state index contributed by atoms with van der Waals surface area (Å²) in [4.78, 5) is 14.9. The van der Waals surface area contributed by atoms with Gasteiger partial charge in [0.25, 0.3) is 0 Å². The van der Waals surface area contributed by atoms with Crippen molar-refractivity contribution in [2.24, 2.45) is 0 Å². The minimum absolute atomic E-state index is 0.426. The number of benzene rings is 3. The number of amides is 1. The highest BCUT2D eigenvalue weighted by atomic mass is 35.5. The Kier molecular flexibility index (Phi) is 6.65. The Morgan fingerprint density at radius 1 is 0.970 bits per heavy atom. The lowest BCUT2D eigenvalue weighted by atomic mass is 10.0. The summed E-state index contributed by atoms with van der Waals surface area (Å²) < 4.78 is 5.43. The number of nitrogens with zero attached hydrogens (tertiary/aromatic N) is 1. The number of rotatable bonds is 6. The predicted octanol–water partition coefficient (Wildman–Crippen LogP) is 6.42. The number of carbonyl (C=O) groups is 1. The van der Waals surface area contributed by atoms with E-state index >= 15 is 0 Å². The third kappa shape index (κ3) is 5.23. The van der Waals surface area contributed by atoms with Gasteiger partial charge in [0.05, 0.1) is 0 Å². The fourth-order valence-corrected chi connectivity index (χ4v) is 5.17. The van der Waals surface area contributed by atoms with Crippen molar-refractivity contribution in [1.29, 1.82) is 0 Å². The number of hydrogen-bond acceptors (Lipinski definition) is 3. The summed E-state index contributed by atoms with van der Waals surface area (Å²) in [7, 11) is 0. The van der Waals surface area contributed by atoms with Gasteiger partial charge in [-0.05, 0) is 97.3 Å². The number of aryl methyl sites for hydroxylation is 1. The Morgan fingerprint density at radius 3 is 2.39 bits per heavy atom. The molecule has 0 saturated carbocycles. The first-order valence-electron chi connectivity index (χ1n) is 11.8. The van der Waals surface area contributed by atoms with E-state index < -0.39 is 6.09 Å². The van der Waals surface area contributed by atoms with Crippen LogP contribution in [-0.2, 0) is 12.8 Å². The van der Waals surface area contributed by atoms with Crippen molar-refractivity contribution in [2.75, 3.05) is 19.6 Å². The molecule has 170 valence electrons. The van der Waals surface area contributed by atoms with Crippen molar-refractivity contribution in [1.82, 2.24) is 10.2 Å². The lowest BCUT2D eigenvalue weighted by Gasteiger charge is -2.24. The summed E-state index contributed by atoms with van der Waals surface area (Å²) in [5.74, 6) is 0.524. The van der Waals surface area contributed by atoms with Crippen LogP contribution in [0.2, 0.25) is 5.02 Å². The molecule has 1 aliphatic carbocycles. The van der Waals surface area contributed by atoms with E-state index in [2.05, 4.69) is 28.4 Å². The quantitative estimate of drug-likeness (QED) is 0.461. The summed E-state index contributed by atoms with van der Waals surface area (Å²) in [6.07, 6.45) is 5.43. The zero-order valence-corrected chi connectivity index (χ0v) is 19.5. The lowest BCUT2D eigenvalue weighted by molar-refractivity contribution is 0.200. The molecule has 1 N–H and O–H groups in total. The second-order valence-electron chi connectivity index (χ2n) is 8.93. The third-order valence-corrected chi connectivity index (χ3v) is 7.01. The first-order chi connectivity index (χ1) is 16.2. The fourth-order valence-electron chi connectivity index (χ4n) is 5.05. The smallest absolute Gasteiger partial charge is 0.410 e. The summed E-state index contributed by atoms with van der Waals surface area (Å²) >= 11 is 5.95. The highest BCUT2D eigenvalue weighted by molar-refractivity contribution is 6.30. The van der Waals surface area contributed by atoms with Gasteiger partial charge in [-0.1, -0.05) is 54.1 Å². The molecule has 1 fully saturated rings. The fraction of sp³-hybridized carbons (Fsp3) is 0.321. The van der Waals surface area contributed by atoms with Crippen LogP contribution in [0.3, 0.4) is 0 Å². The molecule has 1 amide bonds. The first kappa shape index (κ1) is 22.0. The van der Waals surface area contributed by atoms with Crippen LogP contribution in [0, 0.1) is 0 Å². The van der Waals surface area contributed by atoms with Gasteiger partial charge >= 0.3 is 6.09 Å². The van der Waals surface area contributed by atoms with E-state index in [1.54, 1.807) is 12.1 Å². The SMILES string of the molecule is O=C(NCCc1ccc2c(c1)CCC2N1CCCC1)Oc1ccc(-c2ccc(Cl)cc2)cc1. The van der Waals surface area contributed by atoms with Crippen LogP contribution in [0.15, 0.2) is 66.7 Å². The Labute approximate surface area is 200 Å². The molecule has 0 radical (unpaired) electrons. The van der Waals surface area contributed by atoms with E-state index in [0.717, 1.165) is 24.0 Å². The van der Waals surface area contributed by atoms with Gasteiger partial charge in [-0.15, -0.1) is 0 Å². The molecular formula is C28H29ClN2O2. The second kappa shape index (κ2) is 9.98. The molecular weight excluding hydrogens is 432 g/mol. The maximum Gasteiger partial charge on any atom is 0.412 e. The largest absolute Gasteiger partial charge is 0.412 e. The lowest BCUT2D eigenvalue weighted by Crippen LogP contribution is -2.28. The van der Waals surface area contributed by atoms with Gasteiger partial charge in [0.1, 0.15) is 5.75 Å². The number of carbonyl (C=O) groups excluding carboxylic acids is 1. The molecule has 1 unspecified atom stereocenters. The second-order valence-corrected chi connectivity index (χ2v) is 9.36. The molecule has 2 aliphatic rings. The third-order valence-electron chi connectivity index (χ3n) is 6.76. The van der Waals surface area contributed by atoms with Gasteiger partial charge in [-0.2, -0.15) is 0 Å². The summed E-state index contributed by atoms with van der Waals surface area (Å²) in [6.45, 7) is 3.03. The van der Waals surface area contributed by atoms with Crippen LogP contribution in [-0.4, -0.2) is 30.6 Å². The van der Waals surface area contributed by atoms with Crippen LogP contribution >= 0.6 is 11.6 Å². The van der Waals surface area contributed by atoms with Gasteiger partial charge < -0.3 is 10.1 Å². The Bertz CT molecular complexity index is 1110. The van der Waals surface area contributed by atoms with E-state index in [1.807, 2.05) is 36.4 Å². The van der Waals surface area contributed by atoms with Crippen molar-refractivity contribution >= 4 is 17.7 Å². The van der Waals surface area contributed by atoms with E-state index in [1.165, 1.54) is 49.0 Å². The molecule has 4 nitrogen and oxygen atoms in total. The first-order valence-corrected chi connectivity index (χ1v) is 12.2. The monoisotopic (exact) mass is 460 g/mol. The number of halogens is 1. The normalized spacial score (nSPS) is 17.7. The molecule has 3 aromatic carbocycles. The molecule has 3 aromatic rings. The topological polar surface area (TPSA) is 41.6 Å². The summed E-state index contributed by atoms with van der Waals surface area (Å²) in [5.41, 5.74) is 6.37. The van der Waals surface area contributed by atoms with E-state index in [9.17, 15) is 4.79 Å². The standard InChI is InChI=1S/C28H29ClN2O2/c29-24-9-4-21(5-10-24)22-6-11-25(12-7-22)33-28(32)30-16-15-20-3-13-26-23(19-20)8-14-27(26)31-17-1-2-18-31/h3-7,9-13,19,27H,1-2,8,14-18H2,(H,30,32). The van der Waals surface area contributed by atoms with E-state index in [4.69, 9.17) is 16.3 Å². The van der Waals surface area contributed by atoms with E-state index in [0.29, 0.717) is 23.4 Å². The molecule has 33 heavy (non-hydrogen) atoms. The minimum atomic E-state index is -0.426. The van der Waals surface area contributed by atoms with Crippen LogP contribution in [0.1, 0.15) is 42.0 Å². The minimum Gasteiger partial charge on any atom is -0.410 e. The van der Waals surface area contributed by atoms with Gasteiger partial charge in [0.15, 0.2) is 0 Å². The average molecular weight is 461 g/mol. The summed E-state index contributed by atoms with van der Waals surface area (Å²) in [6, 6.07) is 22.6. The number of likely N-dealkylation sites (tertiary alicyclic amines) is 1. The molecule has 5 rings (SSSR count). The predicted molar refractivity (Wildman–Crippen MR) is 133 cm³/mol. The van der Waals surface area contributed by atoms with Gasteiger partial charge in [-0.3, -0.25) is 4.90 Å². The van der Waals surface area contributed by atoms with Crippen molar-refractivity contribution < 1.29 is 9.53 Å². The Hall–Kier alpha value is -2.82. The zero-order valence-electron chi connectivity index (χ0n) is 18.7. The van der Waals surface area contributed by atoms with Crippen molar-refractivity contribution in [3.05, 3.63) is 88.4 Å². The number of ether oxygens (including phenoxy) is 1. The number of fused-ring (bicyclic) bond motifs is 1. The highest BCUT2D eigenvalue weighted by Gasteiger charge is 2.29. The average Bonchev–Trinajstić information content (AvgIpc) is 3.50. The highest BCUT2D eigenvalue weighted by Crippen LogP contribution is 2.37. The van der Waals surface area contributed by atoms with E-state index in [-0.39, 0.29) is 0 Å². The molecule has 1 heterocycles. The van der Waals surface area contributed by atoms with Crippen LogP contribution in [0.25, 0.3) is 11.1 Å². The van der Waals surface area contributed by atoms with Crippen LogP contribution in [0.4, 0.5) is 4.79 Å². The zero-order chi connectivity index (χ0) is 22.6. The van der Waals surface area contributed by atoms with Gasteiger partial charge in [0.2, 0.25) is 0 Å². The molecule has 1 atom stereocenters. The number of nitrogens with one attached hydrogen (secondary N) is 1. The maximum atomic E-state index is 12.2. The van der Waals surface area contributed by atoms with Gasteiger partial charge in [0, 0.05) is 17.6 Å². The molecule has 0 aromatic heterocycles. The molecule has 1 aliphatic heterocycles. The Balaban J connectivity index is 1.10. The van der Waals surface area contributed by atoms with Crippen LogP contribution in [0.5, 0.6) is 5.75 Å². The van der Waals surface area contributed by atoms with Crippen molar-refractivity contribution in [2.45, 2.75) is 38.1 Å². The van der Waals surface area contributed by atoms with Crippen molar-refractivity contribution in [3.63, 3.8) is 0 Å². The molecule has 0 bridgehead atoms. The molecule has 5 heteroatoms. The van der Waals surface area contributed by atoms with Gasteiger partial charge in [-0.25, -0.2) is 4.79 Å². The number of hydrogen-bond donors (Lipinski definition) is 1.